The second kappa shape index (κ2) is 10.2. The molecule has 0 saturated carbocycles. The minimum Gasteiger partial charge on any atom is -0.493 e. The Morgan fingerprint density at radius 3 is 2.35 bits per heavy atom. The van der Waals surface area contributed by atoms with Crippen LogP contribution in [-0.2, 0) is 17.8 Å². The normalized spacial score (nSPS) is 17.2. The molecule has 1 amide bonds. The summed E-state index contributed by atoms with van der Waals surface area (Å²) in [6.07, 6.45) is 1.79. The van der Waals surface area contributed by atoms with Gasteiger partial charge in [-0.05, 0) is 48.6 Å². The molecule has 0 saturated heterocycles. The summed E-state index contributed by atoms with van der Waals surface area (Å²) in [6, 6.07) is 13.0. The molecule has 0 radical (unpaired) electrons. The summed E-state index contributed by atoms with van der Waals surface area (Å²) >= 11 is 0. The van der Waals surface area contributed by atoms with E-state index in [9.17, 15) is 4.79 Å². The van der Waals surface area contributed by atoms with Crippen LogP contribution in [0.5, 0.6) is 11.5 Å². The number of methoxy groups -OCH3 is 2. The second-order valence-electron chi connectivity index (χ2n) is 8.73. The van der Waals surface area contributed by atoms with Gasteiger partial charge >= 0.3 is 0 Å². The average Bonchev–Trinajstić information content (AvgIpc) is 2.77. The molecule has 31 heavy (non-hydrogen) atoms. The smallest absolute Gasteiger partial charge is 0.222 e. The topological polar surface area (TPSA) is 50.8 Å². The predicted molar refractivity (Wildman–Crippen MR) is 125 cm³/mol. The number of nitrogens with zero attached hydrogens (tertiary/aromatic N) is 1. The zero-order valence-electron chi connectivity index (χ0n) is 19.7. The first-order valence-electron chi connectivity index (χ1n) is 11.2. The van der Waals surface area contributed by atoms with Crippen molar-refractivity contribution in [2.45, 2.75) is 59.2 Å². The highest BCUT2D eigenvalue weighted by Gasteiger charge is 2.35. The molecule has 1 aliphatic heterocycles. The van der Waals surface area contributed by atoms with E-state index in [2.05, 4.69) is 60.5 Å². The fraction of sp³-hybridized carbons (Fsp3) is 0.500. The molecule has 1 aliphatic rings. The third kappa shape index (κ3) is 5.21. The highest BCUT2D eigenvalue weighted by Crippen LogP contribution is 2.40. The van der Waals surface area contributed by atoms with Crippen LogP contribution in [0, 0.1) is 12.8 Å². The lowest BCUT2D eigenvalue weighted by molar-refractivity contribution is -0.125. The van der Waals surface area contributed by atoms with Crippen LogP contribution in [0.15, 0.2) is 36.4 Å². The van der Waals surface area contributed by atoms with Crippen LogP contribution in [0.3, 0.4) is 0 Å². The van der Waals surface area contributed by atoms with Crippen molar-refractivity contribution in [2.75, 3.05) is 20.8 Å². The number of fused-ring (bicyclic) bond motifs is 1. The molecule has 168 valence electrons. The number of carbonyl (C=O) groups excluding carboxylic acids is 1. The largest absolute Gasteiger partial charge is 0.493 e. The van der Waals surface area contributed by atoms with Gasteiger partial charge in [-0.2, -0.15) is 0 Å². The molecule has 2 aromatic carbocycles. The van der Waals surface area contributed by atoms with Crippen molar-refractivity contribution < 1.29 is 14.3 Å². The Hall–Kier alpha value is -2.53. The van der Waals surface area contributed by atoms with Crippen LogP contribution in [0.4, 0.5) is 0 Å². The molecule has 1 heterocycles. The average molecular weight is 425 g/mol. The first kappa shape index (κ1) is 23.1. The van der Waals surface area contributed by atoms with E-state index in [-0.39, 0.29) is 23.9 Å². The SMILES string of the molecule is CC[C@H](NC(=O)C(C)C)[C@@H]1c2cc(OC)c(OC)cc2CCN1Cc1ccc(C)cc1. The Morgan fingerprint density at radius 1 is 1.13 bits per heavy atom. The van der Waals surface area contributed by atoms with Crippen LogP contribution in [-0.4, -0.2) is 37.6 Å². The van der Waals surface area contributed by atoms with Crippen LogP contribution in [0.2, 0.25) is 0 Å². The Morgan fingerprint density at radius 2 is 1.77 bits per heavy atom. The fourth-order valence-electron chi connectivity index (χ4n) is 4.36. The Labute approximate surface area is 186 Å². The Balaban J connectivity index is 2.02. The molecule has 2 atom stereocenters. The molecule has 2 aromatic rings. The quantitative estimate of drug-likeness (QED) is 0.669. The standard InChI is InChI=1S/C26H36N2O3/c1-7-22(27-26(29)17(2)3)25-21-15-24(31-6)23(30-5)14-20(21)12-13-28(25)16-19-10-8-18(4)9-11-19/h8-11,14-15,17,22,25H,7,12-13,16H2,1-6H3,(H,27,29)/t22-,25-/m0/s1. The van der Waals surface area contributed by atoms with Gasteiger partial charge in [-0.3, -0.25) is 9.69 Å². The number of benzene rings is 2. The van der Waals surface area contributed by atoms with E-state index in [4.69, 9.17) is 9.47 Å². The summed E-state index contributed by atoms with van der Waals surface area (Å²) in [6.45, 7) is 9.90. The molecule has 0 aliphatic carbocycles. The number of hydrogen-bond donors (Lipinski definition) is 1. The van der Waals surface area contributed by atoms with Crippen LogP contribution in [0.1, 0.15) is 55.5 Å². The van der Waals surface area contributed by atoms with Gasteiger partial charge in [-0.1, -0.05) is 50.6 Å². The predicted octanol–water partition coefficient (Wildman–Crippen LogP) is 4.66. The van der Waals surface area contributed by atoms with Crippen molar-refractivity contribution in [3.05, 3.63) is 58.7 Å². The zero-order valence-corrected chi connectivity index (χ0v) is 19.7. The number of nitrogens with one attached hydrogen (secondary N) is 1. The molecule has 1 N–H and O–H groups in total. The monoisotopic (exact) mass is 424 g/mol. The Kier molecular flexibility index (Phi) is 7.60. The van der Waals surface area contributed by atoms with Gasteiger partial charge in [0.1, 0.15) is 0 Å². The van der Waals surface area contributed by atoms with E-state index in [1.165, 1.54) is 22.3 Å². The number of ether oxygens (including phenoxy) is 2. The number of carbonyl (C=O) groups is 1. The molecule has 0 fully saturated rings. The summed E-state index contributed by atoms with van der Waals surface area (Å²) in [4.78, 5) is 15.1. The lowest BCUT2D eigenvalue weighted by Gasteiger charge is -2.42. The first-order valence-corrected chi connectivity index (χ1v) is 11.2. The van der Waals surface area contributed by atoms with E-state index < -0.39 is 0 Å². The molecular formula is C26H36N2O3. The molecule has 0 aromatic heterocycles. The number of amides is 1. The van der Waals surface area contributed by atoms with Gasteiger partial charge in [-0.15, -0.1) is 0 Å². The minimum atomic E-state index is -0.0481. The molecule has 3 rings (SSSR count). The van der Waals surface area contributed by atoms with E-state index in [0.717, 1.165) is 37.4 Å². The van der Waals surface area contributed by atoms with E-state index in [1.54, 1.807) is 14.2 Å². The highest BCUT2D eigenvalue weighted by atomic mass is 16.5. The van der Waals surface area contributed by atoms with Crippen LogP contribution >= 0.6 is 0 Å². The van der Waals surface area contributed by atoms with Gasteiger partial charge in [0, 0.05) is 25.0 Å². The van der Waals surface area contributed by atoms with Gasteiger partial charge in [0.25, 0.3) is 0 Å². The molecule has 5 heteroatoms. The van der Waals surface area contributed by atoms with Crippen molar-refractivity contribution in [3.8, 4) is 11.5 Å². The molecule has 5 nitrogen and oxygen atoms in total. The summed E-state index contributed by atoms with van der Waals surface area (Å²) < 4.78 is 11.2. The van der Waals surface area contributed by atoms with Crippen LogP contribution in [0.25, 0.3) is 0 Å². The summed E-state index contributed by atoms with van der Waals surface area (Å²) in [5.41, 5.74) is 5.02. The molecule has 0 bridgehead atoms. The van der Waals surface area contributed by atoms with Crippen molar-refractivity contribution in [1.29, 1.82) is 0 Å². The second-order valence-corrected chi connectivity index (χ2v) is 8.73. The third-order valence-electron chi connectivity index (χ3n) is 6.21. The lowest BCUT2D eigenvalue weighted by Crippen LogP contribution is -2.49. The van der Waals surface area contributed by atoms with Gasteiger partial charge in [0.05, 0.1) is 20.3 Å². The van der Waals surface area contributed by atoms with E-state index >= 15 is 0 Å². The minimum absolute atomic E-state index is 0.0116. The first-order chi connectivity index (χ1) is 14.9. The summed E-state index contributed by atoms with van der Waals surface area (Å²) in [7, 11) is 3.34. The van der Waals surface area contributed by atoms with E-state index in [1.807, 2.05) is 13.8 Å². The van der Waals surface area contributed by atoms with Gasteiger partial charge < -0.3 is 14.8 Å². The summed E-state index contributed by atoms with van der Waals surface area (Å²) in [5, 5.41) is 3.32. The highest BCUT2D eigenvalue weighted by molar-refractivity contribution is 5.78. The lowest BCUT2D eigenvalue weighted by atomic mass is 9.86. The maximum Gasteiger partial charge on any atom is 0.222 e. The number of rotatable bonds is 8. The molecule has 0 spiro atoms. The fourth-order valence-corrected chi connectivity index (χ4v) is 4.36. The molecular weight excluding hydrogens is 388 g/mol. The number of hydrogen-bond acceptors (Lipinski definition) is 4. The van der Waals surface area contributed by atoms with Crippen molar-refractivity contribution in [1.82, 2.24) is 10.2 Å². The van der Waals surface area contributed by atoms with Crippen molar-refractivity contribution >= 4 is 5.91 Å². The van der Waals surface area contributed by atoms with Crippen molar-refractivity contribution in [3.63, 3.8) is 0 Å². The Bertz CT molecular complexity index is 892. The third-order valence-corrected chi connectivity index (χ3v) is 6.21. The molecule has 0 unspecified atom stereocenters. The van der Waals surface area contributed by atoms with Gasteiger partial charge in [0.15, 0.2) is 11.5 Å². The summed E-state index contributed by atoms with van der Waals surface area (Å²) in [5.74, 6) is 1.53. The number of aryl methyl sites for hydroxylation is 1. The maximum absolute atomic E-state index is 12.6. The van der Waals surface area contributed by atoms with Crippen molar-refractivity contribution in [2.24, 2.45) is 5.92 Å². The van der Waals surface area contributed by atoms with Gasteiger partial charge in [0.2, 0.25) is 5.91 Å². The van der Waals surface area contributed by atoms with Crippen LogP contribution < -0.4 is 14.8 Å². The maximum atomic E-state index is 12.6. The zero-order chi connectivity index (χ0) is 22.5. The van der Waals surface area contributed by atoms with E-state index in [0.29, 0.717) is 0 Å². The van der Waals surface area contributed by atoms with Gasteiger partial charge in [-0.25, -0.2) is 0 Å².